The standard InChI is InChI=1S/C11H14ClN3O/c1-3-7-4-9(7)15-11-8(5-16)10(12)13-6(2)14-11/h5,7,9H,3-4H2,1-2H3,(H,13,14,15). The minimum atomic E-state index is 0.221. The molecule has 86 valence electrons. The van der Waals surface area contributed by atoms with E-state index in [4.69, 9.17) is 11.6 Å². The van der Waals surface area contributed by atoms with Crippen molar-refractivity contribution >= 4 is 23.7 Å². The molecular weight excluding hydrogens is 226 g/mol. The SMILES string of the molecule is CCC1CC1Nc1nc(C)nc(Cl)c1C=O. The third-order valence-corrected chi connectivity index (χ3v) is 3.19. The number of aromatic nitrogens is 2. The molecule has 5 heteroatoms. The summed E-state index contributed by atoms with van der Waals surface area (Å²) in [5, 5.41) is 3.47. The summed E-state index contributed by atoms with van der Waals surface area (Å²) >= 11 is 5.89. The lowest BCUT2D eigenvalue weighted by molar-refractivity contribution is 0.112. The number of halogens is 1. The van der Waals surface area contributed by atoms with Crippen LogP contribution in [-0.4, -0.2) is 22.3 Å². The molecule has 4 nitrogen and oxygen atoms in total. The summed E-state index contributed by atoms with van der Waals surface area (Å²) in [7, 11) is 0. The summed E-state index contributed by atoms with van der Waals surface area (Å²) in [6.07, 6.45) is 2.98. The predicted molar refractivity (Wildman–Crippen MR) is 63.0 cm³/mol. The van der Waals surface area contributed by atoms with Crippen molar-refractivity contribution in [2.24, 2.45) is 5.92 Å². The zero-order valence-corrected chi connectivity index (χ0v) is 10.1. The van der Waals surface area contributed by atoms with Crippen molar-refractivity contribution in [3.8, 4) is 0 Å². The van der Waals surface area contributed by atoms with Crippen LogP contribution in [0.1, 0.15) is 35.9 Å². The van der Waals surface area contributed by atoms with Gasteiger partial charge < -0.3 is 5.32 Å². The number of aldehydes is 1. The summed E-state index contributed by atoms with van der Waals surface area (Å²) < 4.78 is 0. The first-order valence-corrected chi connectivity index (χ1v) is 5.79. The lowest BCUT2D eigenvalue weighted by Crippen LogP contribution is -2.10. The first-order chi connectivity index (χ1) is 7.65. The maximum atomic E-state index is 10.9. The first-order valence-electron chi connectivity index (χ1n) is 5.41. The molecule has 1 fully saturated rings. The average molecular weight is 240 g/mol. The van der Waals surface area contributed by atoms with E-state index in [1.54, 1.807) is 6.92 Å². The summed E-state index contributed by atoms with van der Waals surface area (Å²) in [6, 6.07) is 0.425. The molecule has 16 heavy (non-hydrogen) atoms. The highest BCUT2D eigenvalue weighted by Crippen LogP contribution is 2.36. The van der Waals surface area contributed by atoms with E-state index in [0.717, 1.165) is 12.8 Å². The van der Waals surface area contributed by atoms with Crippen molar-refractivity contribution < 1.29 is 4.79 Å². The van der Waals surface area contributed by atoms with Gasteiger partial charge in [-0.2, -0.15) is 0 Å². The van der Waals surface area contributed by atoms with Crippen LogP contribution in [0.3, 0.4) is 0 Å². The zero-order valence-electron chi connectivity index (χ0n) is 9.33. The Hall–Kier alpha value is -1.16. The van der Waals surface area contributed by atoms with Gasteiger partial charge in [-0.3, -0.25) is 4.79 Å². The molecule has 0 amide bonds. The number of carbonyl (C=O) groups excluding carboxylic acids is 1. The summed E-state index contributed by atoms with van der Waals surface area (Å²) in [4.78, 5) is 19.1. The lowest BCUT2D eigenvalue weighted by Gasteiger charge is -2.08. The maximum Gasteiger partial charge on any atom is 0.156 e. The van der Waals surface area contributed by atoms with Crippen molar-refractivity contribution in [2.45, 2.75) is 32.7 Å². The van der Waals surface area contributed by atoms with Gasteiger partial charge >= 0.3 is 0 Å². The van der Waals surface area contributed by atoms with E-state index in [0.29, 0.717) is 35.5 Å². The molecule has 0 spiro atoms. The molecular formula is C11H14ClN3O. The Morgan fingerprint density at radius 3 is 2.88 bits per heavy atom. The lowest BCUT2D eigenvalue weighted by atomic mass is 10.3. The second-order valence-electron chi connectivity index (χ2n) is 4.10. The van der Waals surface area contributed by atoms with Gasteiger partial charge in [0.05, 0.1) is 5.56 Å². The molecule has 1 N–H and O–H groups in total. The molecule has 0 bridgehead atoms. The number of rotatable bonds is 4. The molecule has 2 atom stereocenters. The molecule has 1 aliphatic rings. The maximum absolute atomic E-state index is 10.9. The van der Waals surface area contributed by atoms with E-state index in [9.17, 15) is 4.79 Å². The summed E-state index contributed by atoms with van der Waals surface area (Å²) in [5.74, 6) is 1.83. The van der Waals surface area contributed by atoms with Crippen molar-refractivity contribution in [1.29, 1.82) is 0 Å². The fourth-order valence-corrected chi connectivity index (χ4v) is 2.07. The van der Waals surface area contributed by atoms with E-state index in [1.165, 1.54) is 0 Å². The zero-order chi connectivity index (χ0) is 11.7. The Morgan fingerprint density at radius 1 is 1.56 bits per heavy atom. The highest BCUT2D eigenvalue weighted by Gasteiger charge is 2.36. The van der Waals surface area contributed by atoms with Gasteiger partial charge in [-0.05, 0) is 19.3 Å². The molecule has 2 unspecified atom stereocenters. The van der Waals surface area contributed by atoms with Crippen molar-refractivity contribution in [2.75, 3.05) is 5.32 Å². The molecule has 1 heterocycles. The van der Waals surface area contributed by atoms with E-state index < -0.39 is 0 Å². The van der Waals surface area contributed by atoms with Crippen LogP contribution >= 0.6 is 11.6 Å². The molecule has 0 radical (unpaired) electrons. The molecule has 1 aromatic rings. The fourth-order valence-electron chi connectivity index (χ4n) is 1.81. The Labute approximate surface area is 99.4 Å². The van der Waals surface area contributed by atoms with Crippen LogP contribution in [0.2, 0.25) is 5.15 Å². The van der Waals surface area contributed by atoms with Crippen LogP contribution < -0.4 is 5.32 Å². The van der Waals surface area contributed by atoms with Gasteiger partial charge in [-0.1, -0.05) is 24.9 Å². The van der Waals surface area contributed by atoms with E-state index in [2.05, 4.69) is 22.2 Å². The van der Waals surface area contributed by atoms with Gasteiger partial charge in [0.2, 0.25) is 0 Å². The smallest absolute Gasteiger partial charge is 0.156 e. The van der Waals surface area contributed by atoms with Gasteiger partial charge in [0.15, 0.2) is 6.29 Å². The van der Waals surface area contributed by atoms with Crippen LogP contribution in [-0.2, 0) is 0 Å². The quantitative estimate of drug-likeness (QED) is 0.648. The molecule has 1 aliphatic carbocycles. The Bertz CT molecular complexity index is 422. The van der Waals surface area contributed by atoms with Crippen LogP contribution in [0.15, 0.2) is 0 Å². The van der Waals surface area contributed by atoms with Crippen LogP contribution in [0.5, 0.6) is 0 Å². The normalized spacial score (nSPS) is 22.9. The molecule has 1 aromatic heterocycles. The average Bonchev–Trinajstić information content (AvgIpc) is 2.96. The topological polar surface area (TPSA) is 54.9 Å². The summed E-state index contributed by atoms with van der Waals surface area (Å²) in [6.45, 7) is 3.92. The third-order valence-electron chi connectivity index (χ3n) is 2.90. The van der Waals surface area contributed by atoms with Crippen molar-refractivity contribution in [3.05, 3.63) is 16.5 Å². The Balaban J connectivity index is 2.22. The van der Waals surface area contributed by atoms with Crippen molar-refractivity contribution in [3.63, 3.8) is 0 Å². The molecule has 0 aromatic carbocycles. The predicted octanol–water partition coefficient (Wildman–Crippen LogP) is 2.46. The number of hydrogen-bond acceptors (Lipinski definition) is 4. The van der Waals surface area contributed by atoms with Gasteiger partial charge in [-0.15, -0.1) is 0 Å². The Morgan fingerprint density at radius 2 is 2.31 bits per heavy atom. The fraction of sp³-hybridized carbons (Fsp3) is 0.545. The number of nitrogens with zero attached hydrogens (tertiary/aromatic N) is 2. The van der Waals surface area contributed by atoms with Gasteiger partial charge in [-0.25, -0.2) is 9.97 Å². The minimum absolute atomic E-state index is 0.221. The van der Waals surface area contributed by atoms with Gasteiger partial charge in [0.1, 0.15) is 16.8 Å². The number of anilines is 1. The molecule has 0 saturated heterocycles. The monoisotopic (exact) mass is 239 g/mol. The van der Waals surface area contributed by atoms with Crippen LogP contribution in [0.25, 0.3) is 0 Å². The second kappa shape index (κ2) is 4.37. The van der Waals surface area contributed by atoms with E-state index in [-0.39, 0.29) is 5.15 Å². The van der Waals surface area contributed by atoms with E-state index in [1.807, 2.05) is 0 Å². The van der Waals surface area contributed by atoms with Gasteiger partial charge in [0.25, 0.3) is 0 Å². The Kier molecular flexibility index (Phi) is 3.10. The number of hydrogen-bond donors (Lipinski definition) is 1. The summed E-state index contributed by atoms with van der Waals surface area (Å²) in [5.41, 5.74) is 0.356. The number of nitrogens with one attached hydrogen (secondary N) is 1. The van der Waals surface area contributed by atoms with E-state index >= 15 is 0 Å². The van der Waals surface area contributed by atoms with Crippen LogP contribution in [0, 0.1) is 12.8 Å². The molecule has 0 aliphatic heterocycles. The number of carbonyl (C=O) groups is 1. The highest BCUT2D eigenvalue weighted by atomic mass is 35.5. The highest BCUT2D eigenvalue weighted by molar-refractivity contribution is 6.32. The largest absolute Gasteiger partial charge is 0.366 e. The van der Waals surface area contributed by atoms with Crippen LogP contribution in [0.4, 0.5) is 5.82 Å². The second-order valence-corrected chi connectivity index (χ2v) is 4.45. The minimum Gasteiger partial charge on any atom is -0.366 e. The molecule has 2 rings (SSSR count). The van der Waals surface area contributed by atoms with Crippen molar-refractivity contribution in [1.82, 2.24) is 9.97 Å². The number of aryl methyl sites for hydroxylation is 1. The van der Waals surface area contributed by atoms with Gasteiger partial charge in [0, 0.05) is 6.04 Å². The third kappa shape index (κ3) is 2.16. The first kappa shape index (κ1) is 11.3. The molecule has 1 saturated carbocycles.